The number of rotatable bonds is 7. The van der Waals surface area contributed by atoms with Crippen molar-refractivity contribution >= 4 is 21.7 Å². The minimum Gasteiger partial charge on any atom is -0.495 e. The van der Waals surface area contributed by atoms with Crippen molar-refractivity contribution in [3.8, 4) is 11.5 Å². The summed E-state index contributed by atoms with van der Waals surface area (Å²) in [7, 11) is -1.22. The van der Waals surface area contributed by atoms with Gasteiger partial charge in [-0.2, -0.15) is 0 Å². The lowest BCUT2D eigenvalue weighted by molar-refractivity contribution is -0.136. The van der Waals surface area contributed by atoms with Crippen LogP contribution in [0.1, 0.15) is 11.1 Å². The van der Waals surface area contributed by atoms with Crippen LogP contribution in [0.3, 0.4) is 0 Å². The lowest BCUT2D eigenvalue weighted by Gasteiger charge is -2.15. The minimum atomic E-state index is -4.01. The second-order valence-corrected chi connectivity index (χ2v) is 7.02. The standard InChI is InChI=1S/C17H19NO6S/c1-11-4-6-14(23-2)13(8-11)18-25(21,22)16-9-12(10-17(19)20)5-7-15(16)24-3/h4-9,18H,10H2,1-3H3,(H,19,20). The van der Waals surface area contributed by atoms with Crippen molar-refractivity contribution in [2.45, 2.75) is 18.2 Å². The van der Waals surface area contributed by atoms with Crippen molar-refractivity contribution in [1.82, 2.24) is 0 Å². The third-order valence-corrected chi connectivity index (χ3v) is 4.86. The first kappa shape index (κ1) is 18.6. The Kier molecular flexibility index (Phi) is 5.53. The molecule has 2 aromatic carbocycles. The highest BCUT2D eigenvalue weighted by atomic mass is 32.2. The molecule has 8 heteroatoms. The number of carboxylic acid groups (broad SMARTS) is 1. The van der Waals surface area contributed by atoms with E-state index in [1.54, 1.807) is 18.2 Å². The molecule has 0 bridgehead atoms. The number of carboxylic acids is 1. The van der Waals surface area contributed by atoms with Crippen molar-refractivity contribution in [2.75, 3.05) is 18.9 Å². The Hall–Kier alpha value is -2.74. The molecule has 7 nitrogen and oxygen atoms in total. The predicted octanol–water partition coefficient (Wildman–Crippen LogP) is 2.44. The first-order valence-corrected chi connectivity index (χ1v) is 8.81. The van der Waals surface area contributed by atoms with Crippen molar-refractivity contribution in [3.63, 3.8) is 0 Å². The second kappa shape index (κ2) is 7.43. The normalized spacial score (nSPS) is 11.0. The summed E-state index contributed by atoms with van der Waals surface area (Å²) in [6, 6.07) is 9.33. The summed E-state index contributed by atoms with van der Waals surface area (Å²) >= 11 is 0. The van der Waals surface area contributed by atoms with E-state index >= 15 is 0 Å². The Morgan fingerprint density at radius 3 is 2.32 bits per heavy atom. The molecule has 0 saturated heterocycles. The van der Waals surface area contributed by atoms with Gasteiger partial charge in [-0.1, -0.05) is 12.1 Å². The molecular formula is C17H19NO6S. The SMILES string of the molecule is COc1ccc(C)cc1NS(=O)(=O)c1cc(CC(=O)O)ccc1OC. The molecule has 2 rings (SSSR count). The highest BCUT2D eigenvalue weighted by molar-refractivity contribution is 7.92. The van der Waals surface area contributed by atoms with Crippen molar-refractivity contribution in [3.05, 3.63) is 47.5 Å². The first-order chi connectivity index (χ1) is 11.8. The van der Waals surface area contributed by atoms with Gasteiger partial charge in [-0.3, -0.25) is 9.52 Å². The summed E-state index contributed by atoms with van der Waals surface area (Å²) in [5.74, 6) is -0.565. The topological polar surface area (TPSA) is 102 Å². The van der Waals surface area contributed by atoms with Gasteiger partial charge in [0.15, 0.2) is 0 Å². The van der Waals surface area contributed by atoms with Gasteiger partial charge in [0.25, 0.3) is 10.0 Å². The molecular weight excluding hydrogens is 346 g/mol. The molecule has 0 heterocycles. The monoisotopic (exact) mass is 365 g/mol. The Morgan fingerprint density at radius 1 is 1.08 bits per heavy atom. The molecule has 0 saturated carbocycles. The van der Waals surface area contributed by atoms with E-state index in [4.69, 9.17) is 14.6 Å². The van der Waals surface area contributed by atoms with Gasteiger partial charge in [0.1, 0.15) is 16.4 Å². The largest absolute Gasteiger partial charge is 0.495 e. The smallest absolute Gasteiger partial charge is 0.307 e. The van der Waals surface area contributed by atoms with Crippen LogP contribution >= 0.6 is 0 Å². The van der Waals surface area contributed by atoms with Gasteiger partial charge in [0, 0.05) is 0 Å². The van der Waals surface area contributed by atoms with Crippen LogP contribution in [0, 0.1) is 6.92 Å². The summed E-state index contributed by atoms with van der Waals surface area (Å²) in [6.07, 6.45) is -0.291. The fourth-order valence-corrected chi connectivity index (χ4v) is 3.60. The van der Waals surface area contributed by atoms with Crippen molar-refractivity contribution in [1.29, 1.82) is 0 Å². The fraction of sp³-hybridized carbons (Fsp3) is 0.235. The maximum Gasteiger partial charge on any atom is 0.307 e. The molecule has 2 aromatic rings. The van der Waals surface area contributed by atoms with Crippen LogP contribution in [0.2, 0.25) is 0 Å². The number of aliphatic carboxylic acids is 1. The van der Waals surface area contributed by atoms with Gasteiger partial charge in [0.2, 0.25) is 0 Å². The van der Waals surface area contributed by atoms with Crippen LogP contribution in [0.15, 0.2) is 41.3 Å². The van der Waals surface area contributed by atoms with E-state index < -0.39 is 16.0 Å². The Bertz CT molecular complexity index is 892. The molecule has 0 unspecified atom stereocenters. The maximum atomic E-state index is 12.8. The lowest BCUT2D eigenvalue weighted by Crippen LogP contribution is -2.15. The number of methoxy groups -OCH3 is 2. The average molecular weight is 365 g/mol. The van der Waals surface area contributed by atoms with Gasteiger partial charge in [-0.15, -0.1) is 0 Å². The quantitative estimate of drug-likeness (QED) is 0.781. The number of anilines is 1. The summed E-state index contributed by atoms with van der Waals surface area (Å²) in [4.78, 5) is 10.7. The fourth-order valence-electron chi connectivity index (χ4n) is 2.32. The molecule has 0 aromatic heterocycles. The number of nitrogens with one attached hydrogen (secondary N) is 1. The van der Waals surface area contributed by atoms with E-state index in [9.17, 15) is 13.2 Å². The van der Waals surface area contributed by atoms with E-state index in [2.05, 4.69) is 4.72 Å². The number of ether oxygens (including phenoxy) is 2. The molecule has 0 fully saturated rings. The molecule has 0 atom stereocenters. The first-order valence-electron chi connectivity index (χ1n) is 7.33. The van der Waals surface area contributed by atoms with E-state index in [1.165, 1.54) is 32.4 Å². The summed E-state index contributed by atoms with van der Waals surface area (Å²) in [5, 5.41) is 8.91. The van der Waals surface area contributed by atoms with Crippen LogP contribution < -0.4 is 14.2 Å². The zero-order valence-electron chi connectivity index (χ0n) is 14.1. The van der Waals surface area contributed by atoms with E-state index in [-0.39, 0.29) is 22.8 Å². The molecule has 0 aliphatic rings. The number of sulfonamides is 1. The molecule has 0 aliphatic heterocycles. The van der Waals surface area contributed by atoms with Crippen LogP contribution in [-0.2, 0) is 21.2 Å². The maximum absolute atomic E-state index is 12.8. The molecule has 25 heavy (non-hydrogen) atoms. The Labute approximate surface area is 146 Å². The third-order valence-electron chi connectivity index (χ3n) is 3.47. The molecule has 2 N–H and O–H groups in total. The van der Waals surface area contributed by atoms with Gasteiger partial charge < -0.3 is 14.6 Å². The molecule has 0 aliphatic carbocycles. The van der Waals surface area contributed by atoms with Crippen molar-refractivity contribution in [2.24, 2.45) is 0 Å². The zero-order valence-corrected chi connectivity index (χ0v) is 14.9. The highest BCUT2D eigenvalue weighted by Gasteiger charge is 2.22. The number of carbonyl (C=O) groups is 1. The molecule has 0 spiro atoms. The van der Waals surface area contributed by atoms with Crippen molar-refractivity contribution < 1.29 is 27.8 Å². The number of hydrogen-bond donors (Lipinski definition) is 2. The molecule has 0 amide bonds. The third kappa shape index (κ3) is 4.42. The van der Waals surface area contributed by atoms with Gasteiger partial charge in [-0.05, 0) is 42.3 Å². The van der Waals surface area contributed by atoms with Gasteiger partial charge in [-0.25, -0.2) is 8.42 Å². The lowest BCUT2D eigenvalue weighted by atomic mass is 10.1. The van der Waals surface area contributed by atoms with E-state index in [0.717, 1.165) is 5.56 Å². The second-order valence-electron chi connectivity index (χ2n) is 5.36. The highest BCUT2D eigenvalue weighted by Crippen LogP contribution is 2.31. The number of benzene rings is 2. The average Bonchev–Trinajstić information content (AvgIpc) is 2.54. The van der Waals surface area contributed by atoms with Crippen LogP contribution in [0.5, 0.6) is 11.5 Å². The number of aryl methyl sites for hydroxylation is 1. The van der Waals surface area contributed by atoms with Gasteiger partial charge >= 0.3 is 5.97 Å². The Morgan fingerprint density at radius 2 is 1.72 bits per heavy atom. The minimum absolute atomic E-state index is 0.119. The molecule has 134 valence electrons. The van der Waals surface area contributed by atoms with Gasteiger partial charge in [0.05, 0.1) is 26.3 Å². The van der Waals surface area contributed by atoms with E-state index in [0.29, 0.717) is 11.3 Å². The van der Waals surface area contributed by atoms with Crippen LogP contribution in [-0.4, -0.2) is 33.7 Å². The van der Waals surface area contributed by atoms with Crippen LogP contribution in [0.25, 0.3) is 0 Å². The Balaban J connectivity index is 2.48. The predicted molar refractivity (Wildman–Crippen MR) is 92.9 cm³/mol. The number of hydrogen-bond acceptors (Lipinski definition) is 5. The molecule has 0 radical (unpaired) electrons. The van der Waals surface area contributed by atoms with Crippen LogP contribution in [0.4, 0.5) is 5.69 Å². The zero-order chi connectivity index (χ0) is 18.6. The summed E-state index contributed by atoms with van der Waals surface area (Å²) in [5.41, 5.74) is 1.49. The summed E-state index contributed by atoms with van der Waals surface area (Å²) in [6.45, 7) is 1.82. The van der Waals surface area contributed by atoms with E-state index in [1.807, 2.05) is 6.92 Å². The summed E-state index contributed by atoms with van der Waals surface area (Å²) < 4.78 is 38.4.